The number of ether oxygens (including phenoxy) is 1. The maximum absolute atomic E-state index is 10.0. The second kappa shape index (κ2) is 31.3. The molecule has 0 saturated carbocycles. The van der Waals surface area contributed by atoms with Gasteiger partial charge in [-0.2, -0.15) is 0 Å². The molecular formula is C103H79NO5. The first-order valence-corrected chi connectivity index (χ1v) is 36.6. The summed E-state index contributed by atoms with van der Waals surface area (Å²) in [5.74, 6) is 6.37. The SMILES string of the molecule is C#CCOc1ccc2ccccc2c1.C#CCn1c2ccccc2c2ccccc21.C=CCC1(CC=C)c2ccccc2-c2ccccc21.Oc1cc2ccccc2cc1O.Oc1ccc2cc(C3(c4ccc5cc(O)ccc5c4)c4ccccc4-c4ccccc43)ccc2c1.c1ccc2c(c1)Cc1ccccc1-2. The molecular weight excluding hydrogens is 1330 g/mol. The van der Waals surface area contributed by atoms with Crippen LogP contribution in [0.1, 0.15) is 57.3 Å². The fourth-order valence-corrected chi connectivity index (χ4v) is 16.3. The molecule has 20 rings (SSSR count). The first kappa shape index (κ1) is 70.6. The molecule has 0 saturated heterocycles. The van der Waals surface area contributed by atoms with E-state index in [9.17, 15) is 10.2 Å². The molecule has 526 valence electrons. The quantitative estimate of drug-likeness (QED) is 0.0656. The van der Waals surface area contributed by atoms with Gasteiger partial charge in [0.2, 0.25) is 0 Å². The Bertz CT molecular complexity index is 6030. The zero-order valence-corrected chi connectivity index (χ0v) is 60.3. The second-order valence-corrected chi connectivity index (χ2v) is 27.5. The van der Waals surface area contributed by atoms with Gasteiger partial charge in [0.15, 0.2) is 11.5 Å². The van der Waals surface area contributed by atoms with Gasteiger partial charge in [0.05, 0.1) is 12.0 Å². The van der Waals surface area contributed by atoms with Gasteiger partial charge < -0.3 is 29.7 Å². The lowest BCUT2D eigenvalue weighted by Crippen LogP contribution is -2.28. The van der Waals surface area contributed by atoms with Crippen LogP contribution < -0.4 is 4.74 Å². The van der Waals surface area contributed by atoms with Crippen LogP contribution in [0.3, 0.4) is 0 Å². The first-order chi connectivity index (χ1) is 53.5. The third-order valence-corrected chi connectivity index (χ3v) is 21.1. The highest BCUT2D eigenvalue weighted by molar-refractivity contribution is 6.08. The number of phenols is 4. The van der Waals surface area contributed by atoms with Gasteiger partial charge in [0.1, 0.15) is 23.9 Å². The van der Waals surface area contributed by atoms with E-state index in [1.54, 1.807) is 24.3 Å². The number of hydrogen-bond donors (Lipinski definition) is 4. The van der Waals surface area contributed by atoms with Gasteiger partial charge in [-0.05, 0) is 213 Å². The molecule has 1 heterocycles. The van der Waals surface area contributed by atoms with Crippen LogP contribution in [0, 0.1) is 24.7 Å². The van der Waals surface area contributed by atoms with E-state index in [1.807, 2.05) is 103 Å². The van der Waals surface area contributed by atoms with Crippen molar-refractivity contribution in [2.24, 2.45) is 0 Å². The summed E-state index contributed by atoms with van der Waals surface area (Å²) in [4.78, 5) is 0. The van der Waals surface area contributed by atoms with Gasteiger partial charge in [-0.3, -0.25) is 0 Å². The fourth-order valence-electron chi connectivity index (χ4n) is 16.3. The molecule has 1 aromatic heterocycles. The molecule has 16 aromatic carbocycles. The summed E-state index contributed by atoms with van der Waals surface area (Å²) < 4.78 is 7.51. The average Bonchev–Trinajstić information content (AvgIpc) is 1.56. The van der Waals surface area contributed by atoms with E-state index in [-0.39, 0.29) is 28.4 Å². The third kappa shape index (κ3) is 13.8. The largest absolute Gasteiger partial charge is 0.508 e. The highest BCUT2D eigenvalue weighted by Crippen LogP contribution is 2.57. The number of nitrogens with zero attached hydrogens (tertiary/aromatic N) is 1. The lowest BCUT2D eigenvalue weighted by molar-refractivity contribution is 0.371. The van der Waals surface area contributed by atoms with Gasteiger partial charge in [0.25, 0.3) is 0 Å². The Kier molecular flexibility index (Phi) is 20.3. The minimum Gasteiger partial charge on any atom is -0.508 e. The van der Waals surface area contributed by atoms with Crippen molar-refractivity contribution in [1.82, 2.24) is 4.57 Å². The van der Waals surface area contributed by atoms with Crippen LogP contribution in [0.25, 0.3) is 98.3 Å². The smallest absolute Gasteiger partial charge is 0.158 e. The number of phenolic OH excluding ortho intramolecular Hbond substituents is 4. The Morgan fingerprint density at radius 3 is 1.17 bits per heavy atom. The summed E-state index contributed by atoms with van der Waals surface area (Å²) in [5.41, 5.74) is 20.6. The van der Waals surface area contributed by atoms with Crippen molar-refractivity contribution in [3.63, 3.8) is 0 Å². The molecule has 0 fully saturated rings. The molecule has 6 nitrogen and oxygen atoms in total. The maximum Gasteiger partial charge on any atom is 0.158 e. The van der Waals surface area contributed by atoms with E-state index in [4.69, 9.17) is 27.8 Å². The highest BCUT2D eigenvalue weighted by Gasteiger charge is 2.46. The van der Waals surface area contributed by atoms with Crippen molar-refractivity contribution in [3.8, 4) is 86.8 Å². The Hall–Kier alpha value is -14.0. The van der Waals surface area contributed by atoms with Crippen molar-refractivity contribution < 1.29 is 25.2 Å². The molecule has 0 bridgehead atoms. The van der Waals surface area contributed by atoms with Crippen LogP contribution in [-0.2, 0) is 23.8 Å². The molecule has 4 N–H and O–H groups in total. The van der Waals surface area contributed by atoms with Crippen LogP contribution >= 0.6 is 0 Å². The van der Waals surface area contributed by atoms with Gasteiger partial charge in [0, 0.05) is 27.2 Å². The van der Waals surface area contributed by atoms with Crippen LogP contribution in [0.4, 0.5) is 0 Å². The van der Waals surface area contributed by atoms with E-state index in [1.165, 1.54) is 110 Å². The van der Waals surface area contributed by atoms with Crippen LogP contribution in [-0.4, -0.2) is 31.6 Å². The van der Waals surface area contributed by atoms with Gasteiger partial charge in [-0.1, -0.05) is 297 Å². The van der Waals surface area contributed by atoms with Crippen molar-refractivity contribution in [2.45, 2.75) is 36.6 Å². The molecule has 0 radical (unpaired) electrons. The number of fused-ring (bicyclic) bond motifs is 16. The van der Waals surface area contributed by atoms with Crippen molar-refractivity contribution in [2.75, 3.05) is 6.61 Å². The zero-order valence-electron chi connectivity index (χ0n) is 60.3. The molecule has 0 unspecified atom stereocenters. The average molecular weight is 1410 g/mol. The summed E-state index contributed by atoms with van der Waals surface area (Å²) in [6.07, 6.45) is 17.6. The summed E-state index contributed by atoms with van der Waals surface area (Å²) in [7, 11) is 0. The number of terminal acetylenes is 2. The van der Waals surface area contributed by atoms with E-state index < -0.39 is 5.41 Å². The van der Waals surface area contributed by atoms with E-state index >= 15 is 0 Å². The topological polar surface area (TPSA) is 95.1 Å². The standard InChI is InChI=1S/C33H22O2.C19H18.C15H11N.C13H10O.C13H10.C10H8O2/c34-27-15-11-21-17-25(13-9-23(21)19-27)33(26-14-10-24-20-28(35)16-12-22(24)18-26)31-7-3-1-5-29(31)30-6-2-4-8-32(30)33;1-3-13-19(14-4-2)17-11-7-5-9-15(17)16-10-6-8-12-18(16)19;1-2-11-16-14-9-5-3-7-12(14)13-8-4-6-10-15(13)16;1-2-9-14-13-8-7-11-5-3-4-6-12(11)10-13;1-3-7-12-10(5-1)9-11-6-2-4-8-13(11)12;11-9-5-7-3-1-2-4-8(7)6-10(9)12/h1-20,34-35H;3-12H,1-2,13-14H2;1,3-10H,11H2;1,3-8,10H,9H2;1-8H,9H2;1-6,11-12H. The molecule has 17 aromatic rings. The predicted octanol–water partition coefficient (Wildman–Crippen LogP) is 24.7. The first-order valence-electron chi connectivity index (χ1n) is 36.6. The number of allylic oxidation sites excluding steroid dienone is 2. The number of benzene rings is 16. The van der Waals surface area contributed by atoms with Crippen LogP contribution in [0.15, 0.2) is 371 Å². The lowest BCUT2D eigenvalue weighted by atomic mass is 9.67. The number of para-hydroxylation sites is 2. The summed E-state index contributed by atoms with van der Waals surface area (Å²) in [5, 5.41) is 49.3. The van der Waals surface area contributed by atoms with Crippen LogP contribution in [0.2, 0.25) is 0 Å². The third-order valence-electron chi connectivity index (χ3n) is 21.1. The minimum atomic E-state index is -0.495. The van der Waals surface area contributed by atoms with Crippen molar-refractivity contribution >= 4 is 64.9 Å². The van der Waals surface area contributed by atoms with E-state index in [2.05, 4.69) is 260 Å². The number of rotatable bonds is 9. The molecule has 109 heavy (non-hydrogen) atoms. The number of aromatic nitrogens is 1. The monoisotopic (exact) mass is 1410 g/mol. The number of hydrogen-bond acceptors (Lipinski definition) is 5. The Balaban J connectivity index is 0.000000110. The molecule has 0 atom stereocenters. The van der Waals surface area contributed by atoms with E-state index in [0.717, 1.165) is 57.3 Å². The molecule has 3 aliphatic rings. The van der Waals surface area contributed by atoms with Gasteiger partial charge in [-0.15, -0.1) is 26.0 Å². The fraction of sp³-hybridized carbons (Fsp3) is 0.0680. The Morgan fingerprint density at radius 1 is 0.349 bits per heavy atom. The summed E-state index contributed by atoms with van der Waals surface area (Å²) in [6, 6.07) is 118. The predicted molar refractivity (Wildman–Crippen MR) is 453 cm³/mol. The summed E-state index contributed by atoms with van der Waals surface area (Å²) in [6.45, 7) is 8.86. The number of aromatic hydroxyl groups is 4. The molecule has 3 aliphatic carbocycles. The normalized spacial score (nSPS) is 12.3. The highest BCUT2D eigenvalue weighted by atomic mass is 16.5. The molecule has 0 aliphatic heterocycles. The molecule has 0 amide bonds. The maximum atomic E-state index is 10.0. The van der Waals surface area contributed by atoms with Crippen molar-refractivity contribution in [1.29, 1.82) is 0 Å². The second-order valence-electron chi connectivity index (χ2n) is 27.5. The molecule has 6 heteroatoms. The minimum absolute atomic E-state index is 0.0245. The molecule has 0 spiro atoms. The van der Waals surface area contributed by atoms with Gasteiger partial charge in [-0.25, -0.2) is 0 Å². The zero-order chi connectivity index (χ0) is 74.9. The van der Waals surface area contributed by atoms with E-state index in [0.29, 0.717) is 13.2 Å². The van der Waals surface area contributed by atoms with Crippen LogP contribution in [0.5, 0.6) is 28.7 Å². The Morgan fingerprint density at radius 2 is 0.706 bits per heavy atom. The van der Waals surface area contributed by atoms with Gasteiger partial charge >= 0.3 is 0 Å². The Labute approximate surface area is 636 Å². The summed E-state index contributed by atoms with van der Waals surface area (Å²) >= 11 is 0. The lowest BCUT2D eigenvalue weighted by Gasteiger charge is -2.34. The van der Waals surface area contributed by atoms with Crippen molar-refractivity contribution in [3.05, 3.63) is 416 Å².